The van der Waals surface area contributed by atoms with Gasteiger partial charge in [-0.25, -0.2) is 9.37 Å². The number of methoxy groups -OCH3 is 1. The maximum absolute atomic E-state index is 13.4. The lowest BCUT2D eigenvalue weighted by molar-refractivity contribution is 0.163. The molecule has 0 aliphatic rings. The molecule has 1 atom stereocenters. The number of ether oxygens (including phenoxy) is 1. The first-order valence-electron chi connectivity index (χ1n) is 5.96. The van der Waals surface area contributed by atoms with Crippen LogP contribution in [0, 0.1) is 5.82 Å². The molecule has 0 amide bonds. The third-order valence-electron chi connectivity index (χ3n) is 2.79. The van der Waals surface area contributed by atoms with E-state index in [0.29, 0.717) is 18.2 Å². The van der Waals surface area contributed by atoms with Gasteiger partial charge in [0.25, 0.3) is 0 Å². The molecule has 0 fully saturated rings. The van der Waals surface area contributed by atoms with Gasteiger partial charge in [0.1, 0.15) is 0 Å². The van der Waals surface area contributed by atoms with Gasteiger partial charge in [-0.2, -0.15) is 0 Å². The number of anilines is 2. The van der Waals surface area contributed by atoms with E-state index in [-0.39, 0.29) is 16.1 Å². The lowest BCUT2D eigenvalue weighted by atomic mass is 10.3. The maximum atomic E-state index is 13.4. The summed E-state index contributed by atoms with van der Waals surface area (Å²) in [6.45, 7) is 2.55. The SMILES string of the molecule is COCC(C)n1ccnc1Nc1cc(Cl)c(F)c(Cl)c1. The molecule has 1 aromatic heterocycles. The first-order chi connectivity index (χ1) is 9.52. The highest BCUT2D eigenvalue weighted by Gasteiger charge is 2.12. The predicted molar refractivity (Wildman–Crippen MR) is 78.5 cm³/mol. The van der Waals surface area contributed by atoms with Crippen LogP contribution in [-0.4, -0.2) is 23.3 Å². The molecule has 0 spiro atoms. The normalized spacial score (nSPS) is 12.4. The molecule has 1 unspecified atom stereocenters. The predicted octanol–water partition coefficient (Wildman–Crippen LogP) is 4.28. The number of halogens is 3. The number of nitrogens with zero attached hydrogens (tertiary/aromatic N) is 2. The largest absolute Gasteiger partial charge is 0.383 e. The van der Waals surface area contributed by atoms with Gasteiger partial charge in [0, 0.05) is 25.2 Å². The second-order valence-corrected chi connectivity index (χ2v) is 5.16. The molecule has 0 saturated heterocycles. The van der Waals surface area contributed by atoms with Gasteiger partial charge in [-0.05, 0) is 19.1 Å². The molecule has 0 aliphatic carbocycles. The standard InChI is InChI=1S/C13H14Cl2FN3O/c1-8(7-20-2)19-4-3-17-13(19)18-9-5-10(14)12(16)11(15)6-9/h3-6,8H,7H2,1-2H3,(H,17,18). The Morgan fingerprint density at radius 1 is 1.40 bits per heavy atom. The molecule has 4 nitrogen and oxygen atoms in total. The number of aromatic nitrogens is 2. The average Bonchev–Trinajstić information content (AvgIpc) is 2.84. The Labute approximate surface area is 126 Å². The highest BCUT2D eigenvalue weighted by molar-refractivity contribution is 6.35. The smallest absolute Gasteiger partial charge is 0.207 e. The summed E-state index contributed by atoms with van der Waals surface area (Å²) < 4.78 is 20.4. The van der Waals surface area contributed by atoms with Gasteiger partial charge in [0.15, 0.2) is 5.82 Å². The summed E-state index contributed by atoms with van der Waals surface area (Å²) in [6, 6.07) is 3.03. The number of nitrogens with one attached hydrogen (secondary N) is 1. The van der Waals surface area contributed by atoms with Crippen molar-refractivity contribution in [2.75, 3.05) is 19.0 Å². The Bertz CT molecular complexity index is 580. The fraction of sp³-hybridized carbons (Fsp3) is 0.308. The molecule has 2 rings (SSSR count). The zero-order valence-electron chi connectivity index (χ0n) is 11.0. The van der Waals surface area contributed by atoms with E-state index in [9.17, 15) is 4.39 Å². The summed E-state index contributed by atoms with van der Waals surface area (Å²) in [7, 11) is 1.64. The van der Waals surface area contributed by atoms with E-state index in [0.717, 1.165) is 0 Å². The second kappa shape index (κ2) is 6.43. The molecule has 2 aromatic rings. The van der Waals surface area contributed by atoms with Crippen molar-refractivity contribution in [3.05, 3.63) is 40.4 Å². The minimum absolute atomic E-state index is 0.0388. The van der Waals surface area contributed by atoms with Crippen molar-refractivity contribution in [1.29, 1.82) is 0 Å². The van der Waals surface area contributed by atoms with Crippen LogP contribution in [0.1, 0.15) is 13.0 Å². The van der Waals surface area contributed by atoms with E-state index in [1.165, 1.54) is 12.1 Å². The molecule has 108 valence electrons. The van der Waals surface area contributed by atoms with Crippen molar-refractivity contribution in [3.8, 4) is 0 Å². The summed E-state index contributed by atoms with van der Waals surface area (Å²) in [5.41, 5.74) is 0.568. The van der Waals surface area contributed by atoms with Crippen molar-refractivity contribution in [2.45, 2.75) is 13.0 Å². The molecule has 0 radical (unpaired) electrons. The third kappa shape index (κ3) is 3.23. The van der Waals surface area contributed by atoms with Crippen LogP contribution < -0.4 is 5.32 Å². The van der Waals surface area contributed by atoms with Crippen LogP contribution in [0.3, 0.4) is 0 Å². The molecule has 20 heavy (non-hydrogen) atoms. The molecule has 1 aromatic carbocycles. The van der Waals surface area contributed by atoms with Gasteiger partial charge < -0.3 is 14.6 Å². The number of hydrogen-bond donors (Lipinski definition) is 1. The fourth-order valence-electron chi connectivity index (χ4n) is 1.84. The summed E-state index contributed by atoms with van der Waals surface area (Å²) in [5.74, 6) is -0.0248. The Hall–Kier alpha value is -1.30. The first kappa shape index (κ1) is 15.1. The molecule has 1 N–H and O–H groups in total. The molecule has 0 aliphatic heterocycles. The second-order valence-electron chi connectivity index (χ2n) is 4.34. The van der Waals surface area contributed by atoms with E-state index < -0.39 is 5.82 Å². The molecular weight excluding hydrogens is 304 g/mol. The number of rotatable bonds is 5. The van der Waals surface area contributed by atoms with Crippen LogP contribution in [0.4, 0.5) is 16.0 Å². The van der Waals surface area contributed by atoms with Crippen LogP contribution >= 0.6 is 23.2 Å². The van der Waals surface area contributed by atoms with Gasteiger partial charge >= 0.3 is 0 Å². The number of imidazole rings is 1. The molecular formula is C13H14Cl2FN3O. The fourth-order valence-corrected chi connectivity index (χ4v) is 2.33. The van der Waals surface area contributed by atoms with Crippen molar-refractivity contribution in [3.63, 3.8) is 0 Å². The van der Waals surface area contributed by atoms with Crippen molar-refractivity contribution < 1.29 is 9.13 Å². The molecule has 1 heterocycles. The lowest BCUT2D eigenvalue weighted by Crippen LogP contribution is -2.12. The van der Waals surface area contributed by atoms with Gasteiger partial charge in [-0.1, -0.05) is 23.2 Å². The monoisotopic (exact) mass is 317 g/mol. The van der Waals surface area contributed by atoms with Gasteiger partial charge in [0.05, 0.1) is 22.7 Å². The third-order valence-corrected chi connectivity index (χ3v) is 3.34. The van der Waals surface area contributed by atoms with Crippen LogP contribution in [0.25, 0.3) is 0 Å². The Kier molecular flexibility index (Phi) is 4.86. The van der Waals surface area contributed by atoms with Crippen LogP contribution in [0.2, 0.25) is 10.0 Å². The van der Waals surface area contributed by atoms with E-state index >= 15 is 0 Å². The topological polar surface area (TPSA) is 39.1 Å². The minimum Gasteiger partial charge on any atom is -0.383 e. The average molecular weight is 318 g/mol. The van der Waals surface area contributed by atoms with Crippen LogP contribution in [-0.2, 0) is 4.74 Å². The summed E-state index contributed by atoms with van der Waals surface area (Å²) in [4.78, 5) is 4.21. The highest BCUT2D eigenvalue weighted by atomic mass is 35.5. The summed E-state index contributed by atoms with van der Waals surface area (Å²) in [6.07, 6.45) is 3.50. The van der Waals surface area contributed by atoms with E-state index in [1.54, 1.807) is 13.3 Å². The summed E-state index contributed by atoms with van der Waals surface area (Å²) in [5, 5.41) is 2.98. The van der Waals surface area contributed by atoms with E-state index in [1.807, 2.05) is 17.7 Å². The van der Waals surface area contributed by atoms with Crippen molar-refractivity contribution >= 4 is 34.8 Å². The maximum Gasteiger partial charge on any atom is 0.207 e. The highest BCUT2D eigenvalue weighted by Crippen LogP contribution is 2.29. The van der Waals surface area contributed by atoms with E-state index in [2.05, 4.69) is 10.3 Å². The van der Waals surface area contributed by atoms with Crippen LogP contribution in [0.15, 0.2) is 24.5 Å². The van der Waals surface area contributed by atoms with Crippen molar-refractivity contribution in [1.82, 2.24) is 9.55 Å². The summed E-state index contributed by atoms with van der Waals surface area (Å²) >= 11 is 11.5. The van der Waals surface area contributed by atoms with Crippen molar-refractivity contribution in [2.24, 2.45) is 0 Å². The van der Waals surface area contributed by atoms with E-state index in [4.69, 9.17) is 27.9 Å². The molecule has 0 saturated carbocycles. The zero-order chi connectivity index (χ0) is 14.7. The first-order valence-corrected chi connectivity index (χ1v) is 6.72. The van der Waals surface area contributed by atoms with Gasteiger partial charge in [0.2, 0.25) is 5.95 Å². The quantitative estimate of drug-likeness (QED) is 0.836. The molecule has 0 bridgehead atoms. The Balaban J connectivity index is 2.25. The number of hydrogen-bond acceptors (Lipinski definition) is 3. The zero-order valence-corrected chi connectivity index (χ0v) is 12.5. The lowest BCUT2D eigenvalue weighted by Gasteiger charge is -2.16. The van der Waals surface area contributed by atoms with Gasteiger partial charge in [-0.3, -0.25) is 0 Å². The molecule has 7 heteroatoms. The van der Waals surface area contributed by atoms with Gasteiger partial charge in [-0.15, -0.1) is 0 Å². The Morgan fingerprint density at radius 2 is 2.05 bits per heavy atom. The number of benzene rings is 1. The minimum atomic E-state index is -0.630. The van der Waals surface area contributed by atoms with Crippen LogP contribution in [0.5, 0.6) is 0 Å². The Morgan fingerprint density at radius 3 is 2.65 bits per heavy atom.